The van der Waals surface area contributed by atoms with Crippen LogP contribution in [0.25, 0.3) is 11.0 Å². The van der Waals surface area contributed by atoms with Gasteiger partial charge in [-0.3, -0.25) is 9.69 Å². The number of rotatable bonds is 8. The van der Waals surface area contributed by atoms with Gasteiger partial charge in [-0.05, 0) is 47.9 Å². The number of amides is 1. The van der Waals surface area contributed by atoms with Crippen LogP contribution >= 0.6 is 11.8 Å². The highest BCUT2D eigenvalue weighted by atomic mass is 32.2. The van der Waals surface area contributed by atoms with E-state index in [1.807, 2.05) is 24.3 Å². The first kappa shape index (κ1) is 19.5. The van der Waals surface area contributed by atoms with E-state index in [1.165, 1.54) is 22.9 Å². The molecule has 0 unspecified atom stereocenters. The van der Waals surface area contributed by atoms with Gasteiger partial charge in [0.15, 0.2) is 11.0 Å². The Morgan fingerprint density at radius 2 is 1.81 bits per heavy atom. The minimum Gasteiger partial charge on any atom is -0.364 e. The number of aromatic nitrogens is 2. The van der Waals surface area contributed by atoms with Crippen molar-refractivity contribution in [3.63, 3.8) is 0 Å². The molecule has 27 heavy (non-hydrogen) atoms. The molecule has 0 saturated carbocycles. The summed E-state index contributed by atoms with van der Waals surface area (Å²) in [6.45, 7) is 4.48. The number of hydrogen-bond donors (Lipinski definition) is 1. The summed E-state index contributed by atoms with van der Waals surface area (Å²) in [5, 5.41) is 0.876. The van der Waals surface area contributed by atoms with Crippen LogP contribution in [0.3, 0.4) is 0 Å². The van der Waals surface area contributed by atoms with Gasteiger partial charge in [0.05, 0.1) is 11.4 Å². The van der Waals surface area contributed by atoms with Crippen molar-refractivity contribution in [3.05, 3.63) is 53.6 Å². The maximum Gasteiger partial charge on any atom is 0.315 e. The largest absolute Gasteiger partial charge is 0.364 e. The number of benzene rings is 2. The second kappa shape index (κ2) is 9.06. The van der Waals surface area contributed by atoms with Crippen LogP contribution in [0.15, 0.2) is 47.6 Å². The molecule has 2 aromatic carbocycles. The molecule has 0 aliphatic rings. The topological polar surface area (TPSA) is 59.5 Å². The second-order valence-corrected chi connectivity index (χ2v) is 7.27. The van der Waals surface area contributed by atoms with E-state index in [2.05, 4.69) is 42.0 Å². The molecule has 0 radical (unpaired) electrons. The molecule has 1 heterocycles. The molecule has 0 aliphatic carbocycles. The number of hydrogen-bond acceptors (Lipinski definition) is 3. The van der Waals surface area contributed by atoms with E-state index in [1.54, 1.807) is 12.0 Å². The summed E-state index contributed by atoms with van der Waals surface area (Å²) in [5.41, 5.74) is 5.40. The fourth-order valence-corrected chi connectivity index (χ4v) is 4.00. The zero-order valence-electron chi connectivity index (χ0n) is 16.0. The van der Waals surface area contributed by atoms with Crippen LogP contribution in [0.5, 0.6) is 0 Å². The Morgan fingerprint density at radius 1 is 1.11 bits per heavy atom. The van der Waals surface area contributed by atoms with Crippen LogP contribution in [-0.4, -0.2) is 30.5 Å². The summed E-state index contributed by atoms with van der Waals surface area (Å²) in [6, 6.07) is 14.2. The summed E-state index contributed by atoms with van der Waals surface area (Å²) in [7, 11) is 1.62. The molecule has 142 valence electrons. The maximum atomic E-state index is 13.1. The van der Waals surface area contributed by atoms with Gasteiger partial charge in [-0.1, -0.05) is 44.2 Å². The van der Waals surface area contributed by atoms with Gasteiger partial charge >= 0.3 is 5.16 Å². The number of fused-ring (bicyclic) bond motifs is 1. The normalized spacial score (nSPS) is 11.1. The minimum absolute atomic E-state index is 0.0320. The van der Waals surface area contributed by atoms with Gasteiger partial charge in [0.1, 0.15) is 6.73 Å². The number of nitrogens with one attached hydrogen (secondary N) is 2. The molecular weight excluding hydrogens is 358 g/mol. The fraction of sp³-hybridized carbons (Fsp3) is 0.333. The summed E-state index contributed by atoms with van der Waals surface area (Å²) >= 11 is 1.47. The van der Waals surface area contributed by atoms with Crippen LogP contribution in [0, 0.1) is 0 Å². The van der Waals surface area contributed by atoms with Crippen molar-refractivity contribution < 1.29 is 14.5 Å². The number of ether oxygens (including phenoxy) is 1. The van der Waals surface area contributed by atoms with Gasteiger partial charge in [0.2, 0.25) is 5.91 Å². The van der Waals surface area contributed by atoms with Gasteiger partial charge in [-0.15, -0.1) is 0 Å². The highest BCUT2D eigenvalue weighted by Gasteiger charge is 2.22. The van der Waals surface area contributed by atoms with E-state index >= 15 is 0 Å². The molecule has 2 N–H and O–H groups in total. The lowest BCUT2D eigenvalue weighted by Gasteiger charge is -2.26. The number of nitrogens with zero attached hydrogens (tertiary/aromatic N) is 1. The van der Waals surface area contributed by atoms with E-state index in [-0.39, 0.29) is 12.6 Å². The Bertz CT molecular complexity index is 867. The second-order valence-electron chi connectivity index (χ2n) is 6.28. The van der Waals surface area contributed by atoms with Crippen molar-refractivity contribution >= 4 is 34.4 Å². The molecule has 1 aromatic heterocycles. The molecule has 0 spiro atoms. The molecule has 6 heteroatoms. The third-order valence-corrected chi connectivity index (χ3v) is 5.44. The van der Waals surface area contributed by atoms with Crippen molar-refractivity contribution in [1.82, 2.24) is 4.98 Å². The first-order valence-electron chi connectivity index (χ1n) is 9.20. The summed E-state index contributed by atoms with van der Waals surface area (Å²) in [4.78, 5) is 21.5. The average Bonchev–Trinajstić information content (AvgIpc) is 3.12. The molecule has 1 amide bonds. The van der Waals surface area contributed by atoms with E-state index < -0.39 is 0 Å². The Hall–Kier alpha value is -2.31. The van der Waals surface area contributed by atoms with E-state index in [0.717, 1.165) is 34.7 Å². The Kier molecular flexibility index (Phi) is 6.53. The lowest BCUT2D eigenvalue weighted by atomic mass is 10.0. The van der Waals surface area contributed by atoms with Crippen LogP contribution in [0.1, 0.15) is 25.0 Å². The first-order valence-corrected chi connectivity index (χ1v) is 10.2. The van der Waals surface area contributed by atoms with Crippen molar-refractivity contribution in [2.24, 2.45) is 0 Å². The van der Waals surface area contributed by atoms with Crippen molar-refractivity contribution in [2.75, 3.05) is 24.5 Å². The smallest absolute Gasteiger partial charge is 0.315 e. The monoisotopic (exact) mass is 384 g/mol. The number of carbonyl (C=O) groups is 1. The Morgan fingerprint density at radius 3 is 2.44 bits per heavy atom. The van der Waals surface area contributed by atoms with Gasteiger partial charge in [-0.25, -0.2) is 9.97 Å². The van der Waals surface area contributed by atoms with Gasteiger partial charge in [-0.2, -0.15) is 0 Å². The number of imidazole rings is 1. The lowest BCUT2D eigenvalue weighted by Crippen LogP contribution is -2.35. The molecular formula is C21H26N3O2S+. The molecule has 0 saturated heterocycles. The van der Waals surface area contributed by atoms with Crippen LogP contribution in [0.4, 0.5) is 5.69 Å². The number of para-hydroxylation sites is 3. The van der Waals surface area contributed by atoms with Gasteiger partial charge < -0.3 is 4.74 Å². The first-order chi connectivity index (χ1) is 13.2. The minimum atomic E-state index is 0.0320. The number of anilines is 1. The van der Waals surface area contributed by atoms with Crippen LogP contribution < -0.4 is 9.88 Å². The number of thioether (sulfide) groups is 1. The summed E-state index contributed by atoms with van der Waals surface area (Å²) < 4.78 is 5.36. The number of carbonyl (C=O) groups excluding carboxylic acids is 1. The van der Waals surface area contributed by atoms with Crippen molar-refractivity contribution in [3.8, 4) is 0 Å². The third kappa shape index (κ3) is 4.34. The van der Waals surface area contributed by atoms with E-state index in [9.17, 15) is 4.79 Å². The predicted octanol–water partition coefficient (Wildman–Crippen LogP) is 3.84. The van der Waals surface area contributed by atoms with E-state index in [0.29, 0.717) is 5.75 Å². The molecule has 0 atom stereocenters. The van der Waals surface area contributed by atoms with E-state index in [4.69, 9.17) is 4.74 Å². The molecule has 0 fully saturated rings. The Labute approximate surface area is 164 Å². The number of H-pyrrole nitrogens is 2. The Balaban J connectivity index is 1.81. The average molecular weight is 385 g/mol. The maximum absolute atomic E-state index is 13.1. The van der Waals surface area contributed by atoms with Crippen LogP contribution in [-0.2, 0) is 22.4 Å². The molecule has 0 aliphatic heterocycles. The molecule has 5 nitrogen and oxygen atoms in total. The summed E-state index contributed by atoms with van der Waals surface area (Å²) in [6.07, 6.45) is 1.75. The van der Waals surface area contributed by atoms with Crippen molar-refractivity contribution in [2.45, 2.75) is 31.8 Å². The summed E-state index contributed by atoms with van der Waals surface area (Å²) in [5.74, 6) is 0.359. The van der Waals surface area contributed by atoms with Gasteiger partial charge in [0.25, 0.3) is 0 Å². The molecule has 0 bridgehead atoms. The lowest BCUT2D eigenvalue weighted by molar-refractivity contribution is -0.396. The number of aryl methyl sites for hydroxylation is 2. The number of methoxy groups -OCH3 is 1. The van der Waals surface area contributed by atoms with Gasteiger partial charge in [0, 0.05) is 7.11 Å². The van der Waals surface area contributed by atoms with Crippen LogP contribution in [0.2, 0.25) is 0 Å². The number of aromatic amines is 2. The quantitative estimate of drug-likeness (QED) is 0.474. The zero-order chi connectivity index (χ0) is 19.2. The van der Waals surface area contributed by atoms with Crippen molar-refractivity contribution in [1.29, 1.82) is 0 Å². The molecule has 3 aromatic rings. The highest BCUT2D eigenvalue weighted by Crippen LogP contribution is 2.28. The highest BCUT2D eigenvalue weighted by molar-refractivity contribution is 7.99. The fourth-order valence-electron chi connectivity index (χ4n) is 3.21. The zero-order valence-corrected chi connectivity index (χ0v) is 16.9. The SMILES string of the molecule is CCc1cccc(CC)c1N(COC)C(=O)CSc1[nH]c2ccccc2[nH+]1. The third-order valence-electron chi connectivity index (χ3n) is 4.56. The molecule has 3 rings (SSSR count). The standard InChI is InChI=1S/C21H25N3O2S/c1-4-15-9-8-10-16(5-2)20(15)24(14-26-3)19(25)13-27-21-22-17-11-6-7-12-18(17)23-21/h6-12H,4-5,13-14H2,1-3H3,(H,22,23)/p+1. The predicted molar refractivity (Wildman–Crippen MR) is 110 cm³/mol.